The molecule has 1 aliphatic carbocycles. The van der Waals surface area contributed by atoms with E-state index in [1.807, 2.05) is 24.3 Å². The van der Waals surface area contributed by atoms with Gasteiger partial charge >= 0.3 is 5.97 Å². The van der Waals surface area contributed by atoms with E-state index in [1.165, 1.54) is 10.7 Å². The first-order valence-corrected chi connectivity index (χ1v) is 8.09. The molecule has 1 fully saturated rings. The Bertz CT molecular complexity index is 783. The second-order valence-electron chi connectivity index (χ2n) is 6.60. The van der Waals surface area contributed by atoms with Crippen molar-refractivity contribution in [3.05, 3.63) is 47.8 Å². The van der Waals surface area contributed by atoms with Crippen molar-refractivity contribution in [1.29, 1.82) is 0 Å². The number of aromatic nitrogens is 2. The van der Waals surface area contributed by atoms with Gasteiger partial charge in [0.2, 0.25) is 5.91 Å². The summed E-state index contributed by atoms with van der Waals surface area (Å²) in [5.41, 5.74) is 1.88. The molecule has 0 radical (unpaired) electrons. The van der Waals surface area contributed by atoms with Crippen molar-refractivity contribution in [2.24, 2.45) is 11.3 Å². The molecule has 6 nitrogen and oxygen atoms in total. The minimum absolute atomic E-state index is 0.00119. The zero-order valence-electron chi connectivity index (χ0n) is 13.8. The fourth-order valence-electron chi connectivity index (χ4n) is 2.91. The monoisotopic (exact) mass is 327 g/mol. The van der Waals surface area contributed by atoms with E-state index < -0.39 is 5.97 Å². The molecule has 126 valence electrons. The Morgan fingerprint density at radius 1 is 1.42 bits per heavy atom. The number of aromatic carboxylic acids is 1. The van der Waals surface area contributed by atoms with Gasteiger partial charge in [-0.1, -0.05) is 26.0 Å². The van der Waals surface area contributed by atoms with Gasteiger partial charge in [-0.25, -0.2) is 9.48 Å². The molecule has 0 spiro atoms. The van der Waals surface area contributed by atoms with Crippen LogP contribution in [0.25, 0.3) is 5.69 Å². The smallest absolute Gasteiger partial charge is 0.356 e. The number of nitrogens with one attached hydrogen (secondary N) is 1. The number of hydrogen-bond acceptors (Lipinski definition) is 3. The molecule has 3 rings (SSSR count). The second kappa shape index (κ2) is 6.11. The van der Waals surface area contributed by atoms with Crippen LogP contribution in [0.5, 0.6) is 0 Å². The van der Waals surface area contributed by atoms with E-state index in [0.29, 0.717) is 6.54 Å². The van der Waals surface area contributed by atoms with E-state index in [1.54, 1.807) is 6.20 Å². The quantitative estimate of drug-likeness (QED) is 0.854. The third kappa shape index (κ3) is 3.18. The molecule has 1 heterocycles. The van der Waals surface area contributed by atoms with E-state index in [0.717, 1.165) is 24.1 Å². The van der Waals surface area contributed by atoms with E-state index in [-0.39, 0.29) is 22.9 Å². The summed E-state index contributed by atoms with van der Waals surface area (Å²) >= 11 is 0. The Labute approximate surface area is 140 Å². The summed E-state index contributed by atoms with van der Waals surface area (Å²) in [6.07, 6.45) is 3.59. The number of carbonyl (C=O) groups excluding carboxylic acids is 1. The Balaban J connectivity index is 1.65. The highest BCUT2D eigenvalue weighted by molar-refractivity contribution is 5.85. The SMILES string of the molecule is CCC1(C)CC1C(=O)NCc1cccc(-n2ccc(C(=O)O)n2)c1. The third-order valence-corrected chi connectivity index (χ3v) is 4.93. The predicted octanol–water partition coefficient (Wildman–Crippen LogP) is 2.62. The summed E-state index contributed by atoms with van der Waals surface area (Å²) in [7, 11) is 0. The van der Waals surface area contributed by atoms with Crippen molar-refractivity contribution in [3.8, 4) is 5.69 Å². The molecule has 1 saturated carbocycles. The zero-order chi connectivity index (χ0) is 17.3. The molecule has 2 N–H and O–H groups in total. The molecule has 0 aliphatic heterocycles. The number of nitrogens with zero attached hydrogens (tertiary/aromatic N) is 2. The average Bonchev–Trinajstić information content (AvgIpc) is 3.04. The summed E-state index contributed by atoms with van der Waals surface area (Å²) in [6.45, 7) is 4.72. The maximum atomic E-state index is 12.2. The largest absolute Gasteiger partial charge is 0.476 e. The number of rotatable bonds is 6. The fraction of sp³-hybridized carbons (Fsp3) is 0.389. The van der Waals surface area contributed by atoms with Gasteiger partial charge in [0.05, 0.1) is 5.69 Å². The lowest BCUT2D eigenvalue weighted by Gasteiger charge is -2.10. The summed E-state index contributed by atoms with van der Waals surface area (Å²) < 4.78 is 1.52. The van der Waals surface area contributed by atoms with Gasteiger partial charge < -0.3 is 10.4 Å². The van der Waals surface area contributed by atoms with Crippen molar-refractivity contribution in [2.45, 2.75) is 33.2 Å². The molecule has 2 atom stereocenters. The van der Waals surface area contributed by atoms with E-state index in [4.69, 9.17) is 5.11 Å². The number of hydrogen-bond donors (Lipinski definition) is 2. The van der Waals surface area contributed by atoms with Crippen LogP contribution in [0, 0.1) is 11.3 Å². The van der Waals surface area contributed by atoms with Crippen molar-refractivity contribution >= 4 is 11.9 Å². The first-order valence-electron chi connectivity index (χ1n) is 8.09. The van der Waals surface area contributed by atoms with Crippen molar-refractivity contribution < 1.29 is 14.7 Å². The maximum Gasteiger partial charge on any atom is 0.356 e. The van der Waals surface area contributed by atoms with Gasteiger partial charge in [-0.05, 0) is 42.0 Å². The highest BCUT2D eigenvalue weighted by atomic mass is 16.4. The number of carboxylic acids is 1. The van der Waals surface area contributed by atoms with Crippen LogP contribution in [-0.4, -0.2) is 26.8 Å². The molecular weight excluding hydrogens is 306 g/mol. The molecule has 0 bridgehead atoms. The minimum Gasteiger partial charge on any atom is -0.476 e. The van der Waals surface area contributed by atoms with Gasteiger partial charge in [0.1, 0.15) is 0 Å². The first-order chi connectivity index (χ1) is 11.4. The van der Waals surface area contributed by atoms with Crippen LogP contribution in [0.3, 0.4) is 0 Å². The van der Waals surface area contributed by atoms with E-state index >= 15 is 0 Å². The molecule has 1 aromatic heterocycles. The lowest BCUT2D eigenvalue weighted by atomic mass is 10.0. The van der Waals surface area contributed by atoms with E-state index in [2.05, 4.69) is 24.3 Å². The average molecular weight is 327 g/mol. The molecule has 0 saturated heterocycles. The summed E-state index contributed by atoms with van der Waals surface area (Å²) in [4.78, 5) is 23.1. The topological polar surface area (TPSA) is 84.2 Å². The molecule has 1 aliphatic rings. The highest BCUT2D eigenvalue weighted by Crippen LogP contribution is 2.54. The standard InChI is InChI=1S/C18H21N3O3/c1-3-18(2)10-14(18)16(22)19-11-12-5-4-6-13(9-12)21-8-7-15(20-21)17(23)24/h4-9,14H,3,10-11H2,1-2H3,(H,19,22)(H,23,24). The van der Waals surface area contributed by atoms with Crippen LogP contribution in [0.15, 0.2) is 36.5 Å². The Kier molecular flexibility index (Phi) is 4.13. The highest BCUT2D eigenvalue weighted by Gasteiger charge is 2.52. The zero-order valence-corrected chi connectivity index (χ0v) is 13.8. The van der Waals surface area contributed by atoms with Crippen LogP contribution in [0.1, 0.15) is 42.7 Å². The molecule has 2 aromatic rings. The van der Waals surface area contributed by atoms with Crippen LogP contribution in [0.4, 0.5) is 0 Å². The lowest BCUT2D eigenvalue weighted by molar-refractivity contribution is -0.123. The molecule has 6 heteroatoms. The van der Waals surface area contributed by atoms with Gasteiger partial charge in [0.15, 0.2) is 5.69 Å². The van der Waals surface area contributed by atoms with Gasteiger partial charge in [0.25, 0.3) is 0 Å². The fourth-order valence-corrected chi connectivity index (χ4v) is 2.91. The number of amides is 1. The number of carboxylic acid groups (broad SMARTS) is 1. The second-order valence-corrected chi connectivity index (χ2v) is 6.60. The predicted molar refractivity (Wildman–Crippen MR) is 88.9 cm³/mol. The lowest BCUT2D eigenvalue weighted by Crippen LogP contribution is -2.26. The summed E-state index contributed by atoms with van der Waals surface area (Å²) in [6, 6.07) is 8.99. The summed E-state index contributed by atoms with van der Waals surface area (Å²) in [5.74, 6) is -0.826. The van der Waals surface area contributed by atoms with Gasteiger partial charge in [-0.3, -0.25) is 4.79 Å². The van der Waals surface area contributed by atoms with Gasteiger partial charge in [-0.2, -0.15) is 5.10 Å². The van der Waals surface area contributed by atoms with Crippen molar-refractivity contribution in [3.63, 3.8) is 0 Å². The molecule has 1 amide bonds. The van der Waals surface area contributed by atoms with Crippen LogP contribution < -0.4 is 5.32 Å². The maximum absolute atomic E-state index is 12.2. The number of benzene rings is 1. The Morgan fingerprint density at radius 3 is 2.83 bits per heavy atom. The van der Waals surface area contributed by atoms with E-state index in [9.17, 15) is 9.59 Å². The first kappa shape index (κ1) is 16.2. The van der Waals surface area contributed by atoms with Crippen LogP contribution >= 0.6 is 0 Å². The van der Waals surface area contributed by atoms with Crippen LogP contribution in [-0.2, 0) is 11.3 Å². The van der Waals surface area contributed by atoms with Crippen molar-refractivity contribution in [1.82, 2.24) is 15.1 Å². The van der Waals surface area contributed by atoms with Crippen molar-refractivity contribution in [2.75, 3.05) is 0 Å². The molecule has 2 unspecified atom stereocenters. The Hall–Kier alpha value is -2.63. The van der Waals surface area contributed by atoms with Crippen LogP contribution in [0.2, 0.25) is 0 Å². The van der Waals surface area contributed by atoms with Gasteiger partial charge in [0, 0.05) is 18.7 Å². The molecule has 1 aromatic carbocycles. The molecule has 24 heavy (non-hydrogen) atoms. The minimum atomic E-state index is -1.06. The van der Waals surface area contributed by atoms with Gasteiger partial charge in [-0.15, -0.1) is 0 Å². The summed E-state index contributed by atoms with van der Waals surface area (Å²) in [5, 5.41) is 15.9. The normalized spacial score (nSPS) is 22.2. The Morgan fingerprint density at radius 2 is 2.21 bits per heavy atom. The molecular formula is C18H21N3O3. The number of carbonyl (C=O) groups is 2. The third-order valence-electron chi connectivity index (χ3n) is 4.93.